The summed E-state index contributed by atoms with van der Waals surface area (Å²) in [5, 5.41) is 13.5. The lowest BCUT2D eigenvalue weighted by atomic mass is 9.49. The molecule has 1 aromatic heterocycles. The van der Waals surface area contributed by atoms with Crippen molar-refractivity contribution in [2.75, 3.05) is 11.1 Å². The van der Waals surface area contributed by atoms with Crippen molar-refractivity contribution >= 4 is 58.2 Å². The first-order valence-corrected chi connectivity index (χ1v) is 12.9. The standard InChI is InChI=1S/C22H25Cl3N4OS/c1-29-19(10-22-7-12-2-13(8-22)4-14(3-12)9-22)27-28-21(29)31-11-20(30)26-18-6-16(24)15(23)5-17(18)25/h5-6,12-14H,2-4,7-11H2,1H3,(H,26,30). The lowest BCUT2D eigenvalue weighted by molar-refractivity contribution is -0.113. The largest absolute Gasteiger partial charge is 0.324 e. The van der Waals surface area contributed by atoms with Crippen LogP contribution in [0.15, 0.2) is 17.3 Å². The number of halogens is 3. The monoisotopic (exact) mass is 498 g/mol. The van der Waals surface area contributed by atoms with Gasteiger partial charge in [-0.3, -0.25) is 4.79 Å². The maximum Gasteiger partial charge on any atom is 0.234 e. The minimum Gasteiger partial charge on any atom is -0.324 e. The van der Waals surface area contributed by atoms with E-state index in [2.05, 4.69) is 20.1 Å². The number of anilines is 1. The van der Waals surface area contributed by atoms with Gasteiger partial charge >= 0.3 is 0 Å². The number of carbonyl (C=O) groups excluding carboxylic acids is 1. The van der Waals surface area contributed by atoms with E-state index in [1.165, 1.54) is 56.4 Å². The van der Waals surface area contributed by atoms with Crippen LogP contribution in [0, 0.1) is 23.2 Å². The van der Waals surface area contributed by atoms with Crippen molar-refractivity contribution in [1.82, 2.24) is 14.8 Å². The first-order valence-electron chi connectivity index (χ1n) is 10.8. The van der Waals surface area contributed by atoms with Gasteiger partial charge in [0.25, 0.3) is 0 Å². The lowest BCUT2D eigenvalue weighted by Gasteiger charge is -2.56. The molecule has 1 aromatic carbocycles. The number of hydrogen-bond acceptors (Lipinski definition) is 4. The molecule has 0 aliphatic heterocycles. The molecule has 0 saturated heterocycles. The summed E-state index contributed by atoms with van der Waals surface area (Å²) >= 11 is 19.5. The fourth-order valence-corrected chi connectivity index (χ4v) is 7.73. The van der Waals surface area contributed by atoms with Gasteiger partial charge < -0.3 is 9.88 Å². The van der Waals surface area contributed by atoms with Crippen molar-refractivity contribution in [3.63, 3.8) is 0 Å². The normalized spacial score (nSPS) is 28.8. The zero-order chi connectivity index (χ0) is 21.8. The molecule has 0 radical (unpaired) electrons. The van der Waals surface area contributed by atoms with E-state index in [1.807, 2.05) is 7.05 Å². The molecule has 4 bridgehead atoms. The lowest BCUT2D eigenvalue weighted by Crippen LogP contribution is -2.47. The Bertz CT molecular complexity index is 989. The molecule has 5 nitrogen and oxygen atoms in total. The third kappa shape index (κ3) is 4.46. The van der Waals surface area contributed by atoms with Crippen LogP contribution in [-0.2, 0) is 18.3 Å². The van der Waals surface area contributed by atoms with E-state index in [0.29, 0.717) is 26.2 Å². The van der Waals surface area contributed by atoms with Gasteiger partial charge in [-0.25, -0.2) is 0 Å². The summed E-state index contributed by atoms with van der Waals surface area (Å²) in [5.74, 6) is 3.83. The Kier molecular flexibility index (Phi) is 5.95. The summed E-state index contributed by atoms with van der Waals surface area (Å²) in [4.78, 5) is 12.4. The highest BCUT2D eigenvalue weighted by Crippen LogP contribution is 2.61. The van der Waals surface area contributed by atoms with E-state index < -0.39 is 0 Å². The molecule has 166 valence electrons. The van der Waals surface area contributed by atoms with Crippen molar-refractivity contribution in [2.24, 2.45) is 30.2 Å². The van der Waals surface area contributed by atoms with E-state index in [-0.39, 0.29) is 11.7 Å². The maximum atomic E-state index is 12.4. The van der Waals surface area contributed by atoms with Gasteiger partial charge in [0, 0.05) is 13.5 Å². The van der Waals surface area contributed by atoms with E-state index >= 15 is 0 Å². The van der Waals surface area contributed by atoms with Crippen LogP contribution in [0.5, 0.6) is 0 Å². The average Bonchev–Trinajstić information content (AvgIpc) is 3.02. The minimum atomic E-state index is -0.184. The minimum absolute atomic E-state index is 0.184. The number of nitrogens with zero attached hydrogens (tertiary/aromatic N) is 3. The molecule has 4 aliphatic carbocycles. The van der Waals surface area contributed by atoms with Gasteiger partial charge in [-0.15, -0.1) is 10.2 Å². The molecular weight excluding hydrogens is 475 g/mol. The zero-order valence-corrected chi connectivity index (χ0v) is 20.4. The summed E-state index contributed by atoms with van der Waals surface area (Å²) in [5.41, 5.74) is 0.863. The van der Waals surface area contributed by atoms with Crippen LogP contribution in [0.25, 0.3) is 0 Å². The first kappa shape index (κ1) is 21.9. The molecule has 1 N–H and O–H groups in total. The Morgan fingerprint density at radius 3 is 2.32 bits per heavy atom. The van der Waals surface area contributed by atoms with Crippen LogP contribution in [0.3, 0.4) is 0 Å². The number of rotatable bonds is 6. The van der Waals surface area contributed by atoms with Gasteiger partial charge in [-0.05, 0) is 73.8 Å². The molecular formula is C22H25Cl3N4OS. The molecule has 4 aliphatic rings. The molecule has 0 unspecified atom stereocenters. The number of amides is 1. The topological polar surface area (TPSA) is 59.8 Å². The number of aromatic nitrogens is 3. The summed E-state index contributed by atoms with van der Waals surface area (Å²) in [7, 11) is 2.01. The van der Waals surface area contributed by atoms with Crippen LogP contribution in [0.1, 0.15) is 44.3 Å². The number of carbonyl (C=O) groups is 1. The SMILES string of the molecule is Cn1c(CC23CC4CC(CC(C4)C2)C3)nnc1SCC(=O)Nc1cc(Cl)c(Cl)cc1Cl. The number of benzene rings is 1. The second-order valence-electron chi connectivity index (χ2n) is 9.64. The van der Waals surface area contributed by atoms with Crippen molar-refractivity contribution in [3.8, 4) is 0 Å². The Hall–Kier alpha value is -0.950. The smallest absolute Gasteiger partial charge is 0.234 e. The van der Waals surface area contributed by atoms with E-state index in [0.717, 1.165) is 35.2 Å². The van der Waals surface area contributed by atoms with E-state index in [1.54, 1.807) is 6.07 Å². The second kappa shape index (κ2) is 8.44. The molecule has 2 aromatic rings. The van der Waals surface area contributed by atoms with Crippen LogP contribution < -0.4 is 5.32 Å². The highest BCUT2D eigenvalue weighted by atomic mass is 35.5. The molecule has 9 heteroatoms. The van der Waals surface area contributed by atoms with Crippen molar-refractivity contribution in [1.29, 1.82) is 0 Å². The molecule has 0 atom stereocenters. The zero-order valence-electron chi connectivity index (χ0n) is 17.3. The quantitative estimate of drug-likeness (QED) is 0.376. The molecule has 4 fully saturated rings. The summed E-state index contributed by atoms with van der Waals surface area (Å²) in [6, 6.07) is 3.08. The second-order valence-corrected chi connectivity index (χ2v) is 11.8. The van der Waals surface area contributed by atoms with Crippen LogP contribution in [0.2, 0.25) is 15.1 Å². The van der Waals surface area contributed by atoms with Gasteiger partial charge in [0.05, 0.1) is 26.5 Å². The third-order valence-corrected chi connectivity index (χ3v) is 9.29. The fraction of sp³-hybridized carbons (Fsp3) is 0.591. The Morgan fingerprint density at radius 1 is 1.06 bits per heavy atom. The van der Waals surface area contributed by atoms with Gasteiger partial charge in [0.2, 0.25) is 5.91 Å². The average molecular weight is 500 g/mol. The predicted octanol–water partition coefficient (Wildman–Crippen LogP) is 6.27. The van der Waals surface area contributed by atoms with Gasteiger partial charge in [-0.2, -0.15) is 0 Å². The Morgan fingerprint density at radius 2 is 1.68 bits per heavy atom. The molecule has 31 heavy (non-hydrogen) atoms. The Labute approximate surface area is 201 Å². The van der Waals surface area contributed by atoms with Crippen LogP contribution in [0.4, 0.5) is 5.69 Å². The predicted molar refractivity (Wildman–Crippen MR) is 126 cm³/mol. The summed E-state index contributed by atoms with van der Waals surface area (Å²) in [6.45, 7) is 0. The molecule has 1 amide bonds. The van der Waals surface area contributed by atoms with E-state index in [9.17, 15) is 4.79 Å². The van der Waals surface area contributed by atoms with Crippen LogP contribution in [-0.4, -0.2) is 26.4 Å². The van der Waals surface area contributed by atoms with Crippen molar-refractivity contribution < 1.29 is 4.79 Å². The number of nitrogens with one attached hydrogen (secondary N) is 1. The van der Waals surface area contributed by atoms with Gasteiger partial charge in [0.1, 0.15) is 5.82 Å². The summed E-state index contributed by atoms with van der Waals surface area (Å²) < 4.78 is 2.06. The van der Waals surface area contributed by atoms with E-state index in [4.69, 9.17) is 34.8 Å². The van der Waals surface area contributed by atoms with Crippen molar-refractivity contribution in [2.45, 2.75) is 50.1 Å². The molecule has 0 spiro atoms. The molecule has 4 saturated carbocycles. The third-order valence-electron chi connectivity index (χ3n) is 7.24. The van der Waals surface area contributed by atoms with Crippen molar-refractivity contribution in [3.05, 3.63) is 33.0 Å². The van der Waals surface area contributed by atoms with Gasteiger partial charge in [-0.1, -0.05) is 46.6 Å². The van der Waals surface area contributed by atoms with Gasteiger partial charge in [0.15, 0.2) is 5.16 Å². The van der Waals surface area contributed by atoms with Crippen LogP contribution >= 0.6 is 46.6 Å². The number of thioether (sulfide) groups is 1. The highest BCUT2D eigenvalue weighted by Gasteiger charge is 2.51. The molecule has 1 heterocycles. The Balaban J connectivity index is 1.21. The summed E-state index contributed by atoms with van der Waals surface area (Å²) in [6.07, 6.45) is 9.38. The maximum absolute atomic E-state index is 12.4. The highest BCUT2D eigenvalue weighted by molar-refractivity contribution is 7.99. The first-order chi connectivity index (χ1) is 14.8. The fourth-order valence-electron chi connectivity index (χ4n) is 6.40. The number of hydrogen-bond donors (Lipinski definition) is 1. The molecule has 6 rings (SSSR count).